The molecule has 0 fully saturated rings. The quantitative estimate of drug-likeness (QED) is 0.598. The summed E-state index contributed by atoms with van der Waals surface area (Å²) in [5.74, 6) is -0.548. The number of fused-ring (bicyclic) bond motifs is 1. The lowest BCUT2D eigenvalue weighted by Gasteiger charge is -2.10. The molecule has 0 saturated heterocycles. The number of hydrogen-bond donors (Lipinski definition) is 0. The van der Waals surface area contributed by atoms with Gasteiger partial charge < -0.3 is 9.47 Å². The summed E-state index contributed by atoms with van der Waals surface area (Å²) in [6.07, 6.45) is 3.19. The SMILES string of the molecule is CC(=O)Oc1ccc2ccncc2c1OC(C)=O. The number of carbonyl (C=O) groups is 2. The second kappa shape index (κ2) is 4.83. The average Bonchev–Trinajstić information content (AvgIpc) is 2.31. The Balaban J connectivity index is 2.62. The van der Waals surface area contributed by atoms with Gasteiger partial charge in [-0.15, -0.1) is 0 Å². The molecule has 0 amide bonds. The Bertz CT molecular complexity index is 621. The van der Waals surface area contributed by atoms with E-state index in [0.717, 1.165) is 5.39 Å². The Kier molecular flexibility index (Phi) is 3.23. The van der Waals surface area contributed by atoms with Gasteiger partial charge in [0.2, 0.25) is 0 Å². The van der Waals surface area contributed by atoms with Gasteiger partial charge in [-0.3, -0.25) is 14.6 Å². The number of ether oxygens (including phenoxy) is 2. The lowest BCUT2D eigenvalue weighted by atomic mass is 10.1. The zero-order chi connectivity index (χ0) is 13.1. The van der Waals surface area contributed by atoms with Crippen molar-refractivity contribution in [2.24, 2.45) is 0 Å². The Morgan fingerprint density at radius 2 is 1.78 bits per heavy atom. The van der Waals surface area contributed by atoms with Crippen LogP contribution in [0.3, 0.4) is 0 Å². The summed E-state index contributed by atoms with van der Waals surface area (Å²) in [5.41, 5.74) is 0. The van der Waals surface area contributed by atoms with E-state index in [2.05, 4.69) is 4.98 Å². The first kappa shape index (κ1) is 12.0. The molecule has 92 valence electrons. The fourth-order valence-corrected chi connectivity index (χ4v) is 1.60. The highest BCUT2D eigenvalue weighted by Gasteiger charge is 2.14. The molecule has 5 heteroatoms. The number of pyridine rings is 1. The molecule has 1 aromatic carbocycles. The maximum Gasteiger partial charge on any atom is 0.308 e. The van der Waals surface area contributed by atoms with Gasteiger partial charge in [0.1, 0.15) is 0 Å². The summed E-state index contributed by atoms with van der Waals surface area (Å²) in [6, 6.07) is 5.13. The van der Waals surface area contributed by atoms with Crippen molar-refractivity contribution in [1.82, 2.24) is 4.98 Å². The number of hydrogen-bond acceptors (Lipinski definition) is 5. The summed E-state index contributed by atoms with van der Waals surface area (Å²) >= 11 is 0. The van der Waals surface area contributed by atoms with E-state index in [-0.39, 0.29) is 11.5 Å². The zero-order valence-corrected chi connectivity index (χ0v) is 9.97. The van der Waals surface area contributed by atoms with Crippen LogP contribution < -0.4 is 9.47 Å². The van der Waals surface area contributed by atoms with Gasteiger partial charge in [-0.25, -0.2) is 0 Å². The first-order valence-electron chi connectivity index (χ1n) is 5.31. The molecule has 5 nitrogen and oxygen atoms in total. The van der Waals surface area contributed by atoms with Gasteiger partial charge in [0.15, 0.2) is 11.5 Å². The van der Waals surface area contributed by atoms with Crippen LogP contribution in [0.2, 0.25) is 0 Å². The second-order valence-electron chi connectivity index (χ2n) is 3.68. The van der Waals surface area contributed by atoms with Crippen molar-refractivity contribution in [3.63, 3.8) is 0 Å². The maximum absolute atomic E-state index is 11.1. The molecule has 0 radical (unpaired) electrons. The molecule has 1 aromatic heterocycles. The van der Waals surface area contributed by atoms with Gasteiger partial charge in [0.05, 0.1) is 0 Å². The van der Waals surface area contributed by atoms with Crippen molar-refractivity contribution < 1.29 is 19.1 Å². The summed E-state index contributed by atoms with van der Waals surface area (Å²) in [5, 5.41) is 1.46. The summed E-state index contributed by atoms with van der Waals surface area (Å²) < 4.78 is 10.1. The molecule has 0 bridgehead atoms. The van der Waals surface area contributed by atoms with Crippen LogP contribution in [0.25, 0.3) is 10.8 Å². The summed E-state index contributed by atoms with van der Waals surface area (Å²) in [6.45, 7) is 2.57. The Morgan fingerprint density at radius 3 is 2.44 bits per heavy atom. The van der Waals surface area contributed by atoms with E-state index in [1.807, 2.05) is 0 Å². The third-order valence-corrected chi connectivity index (χ3v) is 2.24. The number of carbonyl (C=O) groups excluding carboxylic acids is 2. The minimum atomic E-state index is -0.486. The number of esters is 2. The van der Waals surface area contributed by atoms with Crippen LogP contribution in [0.5, 0.6) is 11.5 Å². The Labute approximate surface area is 103 Å². The number of aromatic nitrogens is 1. The molecule has 0 unspecified atom stereocenters. The molecule has 0 aliphatic heterocycles. The fraction of sp³-hybridized carbons (Fsp3) is 0.154. The van der Waals surface area contributed by atoms with Gasteiger partial charge in [-0.05, 0) is 17.5 Å². The van der Waals surface area contributed by atoms with Crippen LogP contribution in [0.15, 0.2) is 30.6 Å². The molecule has 1 heterocycles. The van der Waals surface area contributed by atoms with Gasteiger partial charge in [-0.1, -0.05) is 6.07 Å². The molecule has 0 spiro atoms. The molecule has 0 atom stereocenters. The standard InChI is InChI=1S/C13H11NO4/c1-8(15)17-12-4-3-10-5-6-14-7-11(10)13(12)18-9(2)16/h3-7H,1-2H3. The van der Waals surface area contributed by atoms with E-state index >= 15 is 0 Å². The predicted octanol–water partition coefficient (Wildman–Crippen LogP) is 2.09. The largest absolute Gasteiger partial charge is 0.423 e. The van der Waals surface area contributed by atoms with E-state index in [9.17, 15) is 9.59 Å². The van der Waals surface area contributed by atoms with Gasteiger partial charge in [0, 0.05) is 31.6 Å². The van der Waals surface area contributed by atoms with Crippen LogP contribution in [-0.4, -0.2) is 16.9 Å². The van der Waals surface area contributed by atoms with E-state index in [4.69, 9.17) is 9.47 Å². The van der Waals surface area contributed by atoms with Crippen molar-refractivity contribution in [3.05, 3.63) is 30.6 Å². The Hall–Kier alpha value is -2.43. The maximum atomic E-state index is 11.1. The summed E-state index contributed by atoms with van der Waals surface area (Å²) in [4.78, 5) is 26.1. The van der Waals surface area contributed by atoms with Gasteiger partial charge in [-0.2, -0.15) is 0 Å². The number of benzene rings is 1. The topological polar surface area (TPSA) is 65.5 Å². The second-order valence-corrected chi connectivity index (χ2v) is 3.68. The highest BCUT2D eigenvalue weighted by molar-refractivity contribution is 5.92. The van der Waals surface area contributed by atoms with E-state index in [0.29, 0.717) is 5.39 Å². The van der Waals surface area contributed by atoms with E-state index < -0.39 is 11.9 Å². The normalized spacial score (nSPS) is 10.1. The smallest absolute Gasteiger partial charge is 0.308 e. The zero-order valence-electron chi connectivity index (χ0n) is 9.97. The van der Waals surface area contributed by atoms with Crippen molar-refractivity contribution >= 4 is 22.7 Å². The Morgan fingerprint density at radius 1 is 1.06 bits per heavy atom. The first-order chi connectivity index (χ1) is 8.58. The molecule has 0 saturated carbocycles. The highest BCUT2D eigenvalue weighted by Crippen LogP contribution is 2.35. The molecule has 18 heavy (non-hydrogen) atoms. The fourth-order valence-electron chi connectivity index (χ4n) is 1.60. The third kappa shape index (κ3) is 2.45. The molecule has 2 aromatic rings. The number of rotatable bonds is 2. The molecule has 0 aliphatic rings. The summed E-state index contributed by atoms with van der Waals surface area (Å²) in [7, 11) is 0. The van der Waals surface area contributed by atoms with Crippen LogP contribution in [-0.2, 0) is 9.59 Å². The van der Waals surface area contributed by atoms with Crippen LogP contribution >= 0.6 is 0 Å². The van der Waals surface area contributed by atoms with Crippen molar-refractivity contribution in [2.45, 2.75) is 13.8 Å². The lowest BCUT2D eigenvalue weighted by Crippen LogP contribution is -2.07. The average molecular weight is 245 g/mol. The molecule has 0 aliphatic carbocycles. The van der Waals surface area contributed by atoms with Crippen molar-refractivity contribution in [1.29, 1.82) is 0 Å². The molecule has 2 rings (SSSR count). The van der Waals surface area contributed by atoms with Gasteiger partial charge in [0.25, 0.3) is 0 Å². The monoisotopic (exact) mass is 245 g/mol. The number of nitrogens with zero attached hydrogens (tertiary/aromatic N) is 1. The van der Waals surface area contributed by atoms with Crippen molar-refractivity contribution in [3.8, 4) is 11.5 Å². The molecular formula is C13H11NO4. The van der Waals surface area contributed by atoms with Crippen LogP contribution in [0.1, 0.15) is 13.8 Å². The predicted molar refractivity (Wildman–Crippen MR) is 64.4 cm³/mol. The van der Waals surface area contributed by atoms with E-state index in [1.165, 1.54) is 13.8 Å². The van der Waals surface area contributed by atoms with Crippen LogP contribution in [0, 0.1) is 0 Å². The minimum absolute atomic E-state index is 0.207. The van der Waals surface area contributed by atoms with Crippen molar-refractivity contribution in [2.75, 3.05) is 0 Å². The van der Waals surface area contributed by atoms with Crippen LogP contribution in [0.4, 0.5) is 0 Å². The van der Waals surface area contributed by atoms with E-state index in [1.54, 1.807) is 30.6 Å². The molecular weight excluding hydrogens is 234 g/mol. The van der Waals surface area contributed by atoms with Gasteiger partial charge >= 0.3 is 11.9 Å². The first-order valence-corrected chi connectivity index (χ1v) is 5.31. The minimum Gasteiger partial charge on any atom is -0.423 e. The molecule has 0 N–H and O–H groups in total. The lowest BCUT2D eigenvalue weighted by molar-refractivity contribution is -0.134. The highest BCUT2D eigenvalue weighted by atomic mass is 16.6. The third-order valence-electron chi connectivity index (χ3n) is 2.24.